The Balaban J connectivity index is 1.91. The number of aliphatic imine (C=N–C) groups is 1. The predicted molar refractivity (Wildman–Crippen MR) is 83.3 cm³/mol. The Bertz CT molecular complexity index is 732. The number of benzene rings is 2. The Hall–Kier alpha value is -1.42. The molecule has 0 saturated heterocycles. The van der Waals surface area contributed by atoms with Crippen LogP contribution in [0.15, 0.2) is 47.5 Å². The van der Waals surface area contributed by atoms with Crippen molar-refractivity contribution in [3.8, 4) is 0 Å². The maximum atomic E-state index is 5.95. The van der Waals surface area contributed by atoms with E-state index in [2.05, 4.69) is 9.98 Å². The van der Waals surface area contributed by atoms with Crippen LogP contribution in [0, 0.1) is 0 Å². The molecule has 5 heteroatoms. The van der Waals surface area contributed by atoms with E-state index in [9.17, 15) is 0 Å². The van der Waals surface area contributed by atoms with Gasteiger partial charge in [0.1, 0.15) is 0 Å². The van der Waals surface area contributed by atoms with Crippen molar-refractivity contribution >= 4 is 56.1 Å². The van der Waals surface area contributed by atoms with E-state index in [0.717, 1.165) is 20.9 Å². The smallest absolute Gasteiger partial charge is 0.210 e. The second kappa shape index (κ2) is 5.29. The van der Waals surface area contributed by atoms with Crippen LogP contribution in [0.25, 0.3) is 10.2 Å². The largest absolute Gasteiger partial charge is 0.227 e. The Morgan fingerprint density at radius 3 is 2.68 bits per heavy atom. The van der Waals surface area contributed by atoms with Gasteiger partial charge in [0.15, 0.2) is 0 Å². The normalized spacial score (nSPS) is 11.5. The van der Waals surface area contributed by atoms with Gasteiger partial charge in [-0.25, -0.2) is 9.98 Å². The number of hydrogen-bond acceptors (Lipinski definition) is 3. The zero-order chi connectivity index (χ0) is 13.2. The summed E-state index contributed by atoms with van der Waals surface area (Å²) in [5.41, 5.74) is 1.86. The van der Waals surface area contributed by atoms with Gasteiger partial charge in [-0.3, -0.25) is 0 Å². The highest BCUT2D eigenvalue weighted by Gasteiger charge is 2.01. The molecule has 2 aromatic carbocycles. The minimum atomic E-state index is 0.523. The fourth-order valence-corrected chi connectivity index (χ4v) is 2.76. The molecule has 94 valence electrons. The molecule has 0 aliphatic rings. The van der Waals surface area contributed by atoms with Gasteiger partial charge in [-0.05, 0) is 29.8 Å². The summed E-state index contributed by atoms with van der Waals surface area (Å²) in [6.45, 7) is 0. The van der Waals surface area contributed by atoms with Crippen molar-refractivity contribution in [2.24, 2.45) is 4.99 Å². The van der Waals surface area contributed by atoms with Crippen LogP contribution in [0.4, 0.5) is 5.13 Å². The van der Waals surface area contributed by atoms with Crippen molar-refractivity contribution in [3.63, 3.8) is 0 Å². The highest BCUT2D eigenvalue weighted by molar-refractivity contribution is 7.22. The Labute approximate surface area is 124 Å². The molecule has 0 fully saturated rings. The molecule has 0 radical (unpaired) electrons. The highest BCUT2D eigenvalue weighted by Crippen LogP contribution is 2.28. The van der Waals surface area contributed by atoms with Gasteiger partial charge in [-0.1, -0.05) is 52.7 Å². The second-order valence-electron chi connectivity index (χ2n) is 3.90. The summed E-state index contributed by atoms with van der Waals surface area (Å²) in [6, 6.07) is 13.4. The summed E-state index contributed by atoms with van der Waals surface area (Å²) in [7, 11) is 0. The maximum Gasteiger partial charge on any atom is 0.210 e. The fourth-order valence-electron chi connectivity index (χ4n) is 1.64. The van der Waals surface area contributed by atoms with E-state index >= 15 is 0 Å². The lowest BCUT2D eigenvalue weighted by molar-refractivity contribution is 1.41. The van der Waals surface area contributed by atoms with Crippen molar-refractivity contribution in [3.05, 3.63) is 58.1 Å². The quantitative estimate of drug-likeness (QED) is 0.586. The first-order chi connectivity index (χ1) is 9.22. The molecule has 2 nitrogen and oxygen atoms in total. The van der Waals surface area contributed by atoms with Crippen molar-refractivity contribution < 1.29 is 0 Å². The molecule has 0 amide bonds. The number of aromatic nitrogens is 1. The Morgan fingerprint density at radius 2 is 1.89 bits per heavy atom. The average molecular weight is 307 g/mol. The molecule has 3 rings (SSSR count). The zero-order valence-corrected chi connectivity index (χ0v) is 12.0. The molecule has 0 bridgehead atoms. The van der Waals surface area contributed by atoms with Crippen LogP contribution in [0.3, 0.4) is 0 Å². The average Bonchev–Trinajstić information content (AvgIpc) is 2.83. The van der Waals surface area contributed by atoms with Gasteiger partial charge in [0, 0.05) is 6.21 Å². The van der Waals surface area contributed by atoms with Gasteiger partial charge in [-0.15, -0.1) is 0 Å². The van der Waals surface area contributed by atoms with E-state index in [1.165, 1.54) is 0 Å². The summed E-state index contributed by atoms with van der Waals surface area (Å²) in [5.74, 6) is 0. The molecule has 0 aliphatic carbocycles. The van der Waals surface area contributed by atoms with Crippen LogP contribution in [-0.4, -0.2) is 11.2 Å². The third-order valence-electron chi connectivity index (χ3n) is 2.55. The number of rotatable bonds is 2. The Morgan fingerprint density at radius 1 is 1.05 bits per heavy atom. The number of para-hydroxylation sites is 1. The first-order valence-electron chi connectivity index (χ1n) is 5.57. The minimum absolute atomic E-state index is 0.523. The second-order valence-corrected chi connectivity index (χ2v) is 5.72. The molecule has 0 unspecified atom stereocenters. The van der Waals surface area contributed by atoms with Crippen LogP contribution < -0.4 is 0 Å². The van der Waals surface area contributed by atoms with E-state index in [1.54, 1.807) is 29.7 Å². The summed E-state index contributed by atoms with van der Waals surface area (Å²) in [4.78, 5) is 8.79. The van der Waals surface area contributed by atoms with E-state index in [1.807, 2.05) is 30.3 Å². The predicted octanol–water partition coefficient (Wildman–Crippen LogP) is 5.35. The van der Waals surface area contributed by atoms with Gasteiger partial charge in [0.25, 0.3) is 0 Å². The van der Waals surface area contributed by atoms with Crippen molar-refractivity contribution in [1.29, 1.82) is 0 Å². The molecular formula is C14H8Cl2N2S. The lowest BCUT2D eigenvalue weighted by atomic mass is 10.2. The number of nitrogens with zero attached hydrogens (tertiary/aromatic N) is 2. The number of fused-ring (bicyclic) bond motifs is 1. The SMILES string of the molecule is Clc1ccc(/C=N/c2nc3ccccc3s2)cc1Cl. The van der Waals surface area contributed by atoms with Gasteiger partial charge >= 0.3 is 0 Å². The molecule has 1 aromatic heterocycles. The summed E-state index contributed by atoms with van der Waals surface area (Å²) >= 11 is 13.4. The van der Waals surface area contributed by atoms with E-state index < -0.39 is 0 Å². The molecule has 0 atom stereocenters. The van der Waals surface area contributed by atoms with E-state index in [4.69, 9.17) is 23.2 Å². The van der Waals surface area contributed by atoms with Gasteiger partial charge in [0.2, 0.25) is 5.13 Å². The van der Waals surface area contributed by atoms with Gasteiger partial charge in [0.05, 0.1) is 20.3 Å². The Kier molecular flexibility index (Phi) is 3.51. The minimum Gasteiger partial charge on any atom is -0.227 e. The van der Waals surface area contributed by atoms with Crippen LogP contribution in [0.1, 0.15) is 5.56 Å². The number of hydrogen-bond donors (Lipinski definition) is 0. The summed E-state index contributed by atoms with van der Waals surface area (Å²) in [6.07, 6.45) is 1.74. The lowest BCUT2D eigenvalue weighted by Crippen LogP contribution is -1.80. The van der Waals surface area contributed by atoms with Crippen LogP contribution in [0.2, 0.25) is 10.0 Å². The third kappa shape index (κ3) is 2.78. The topological polar surface area (TPSA) is 25.2 Å². The van der Waals surface area contributed by atoms with Gasteiger partial charge in [-0.2, -0.15) is 0 Å². The van der Waals surface area contributed by atoms with Crippen molar-refractivity contribution in [2.45, 2.75) is 0 Å². The van der Waals surface area contributed by atoms with Crippen molar-refractivity contribution in [1.82, 2.24) is 4.98 Å². The van der Waals surface area contributed by atoms with E-state index in [0.29, 0.717) is 10.0 Å². The lowest BCUT2D eigenvalue weighted by Gasteiger charge is -1.96. The molecule has 19 heavy (non-hydrogen) atoms. The molecule has 1 heterocycles. The molecular weight excluding hydrogens is 299 g/mol. The zero-order valence-electron chi connectivity index (χ0n) is 9.68. The van der Waals surface area contributed by atoms with Crippen LogP contribution in [-0.2, 0) is 0 Å². The monoisotopic (exact) mass is 306 g/mol. The van der Waals surface area contributed by atoms with E-state index in [-0.39, 0.29) is 0 Å². The molecule has 3 aromatic rings. The molecule has 0 saturated carbocycles. The fraction of sp³-hybridized carbons (Fsp3) is 0. The highest BCUT2D eigenvalue weighted by atomic mass is 35.5. The van der Waals surface area contributed by atoms with Crippen LogP contribution >= 0.6 is 34.5 Å². The molecule has 0 aliphatic heterocycles. The maximum absolute atomic E-state index is 5.95. The van der Waals surface area contributed by atoms with Crippen molar-refractivity contribution in [2.75, 3.05) is 0 Å². The standard InChI is InChI=1S/C14H8Cl2N2S/c15-10-6-5-9(7-11(10)16)8-17-14-18-12-3-1-2-4-13(12)19-14/h1-8H/b17-8+. The number of halogens is 2. The summed E-state index contributed by atoms with van der Waals surface area (Å²) in [5, 5.41) is 1.79. The molecule has 0 spiro atoms. The first-order valence-corrected chi connectivity index (χ1v) is 7.14. The summed E-state index contributed by atoms with van der Waals surface area (Å²) < 4.78 is 1.13. The van der Waals surface area contributed by atoms with Crippen LogP contribution in [0.5, 0.6) is 0 Å². The molecule has 0 N–H and O–H groups in total. The third-order valence-corrected chi connectivity index (χ3v) is 4.23. The van der Waals surface area contributed by atoms with Gasteiger partial charge < -0.3 is 0 Å². The number of thiazole rings is 1. The first kappa shape index (κ1) is 12.6.